The van der Waals surface area contributed by atoms with Crippen LogP contribution in [-0.2, 0) is 0 Å². The first-order chi connectivity index (χ1) is 8.38. The molecule has 0 aliphatic heterocycles. The molecule has 18 heavy (non-hydrogen) atoms. The fraction of sp³-hybridized carbons (Fsp3) is 0.417. The second-order valence-corrected chi connectivity index (χ2v) is 4.21. The van der Waals surface area contributed by atoms with Gasteiger partial charge in [-0.15, -0.1) is 0 Å². The number of halogens is 1. The Morgan fingerprint density at radius 3 is 2.56 bits per heavy atom. The quantitative estimate of drug-likeness (QED) is 0.691. The van der Waals surface area contributed by atoms with Crippen LogP contribution in [0.2, 0.25) is 0 Å². The van der Waals surface area contributed by atoms with Crippen molar-refractivity contribution in [2.75, 3.05) is 23.8 Å². The molecule has 0 aliphatic carbocycles. The normalized spacial score (nSPS) is 10.7. The van der Waals surface area contributed by atoms with E-state index >= 15 is 0 Å². The van der Waals surface area contributed by atoms with Gasteiger partial charge in [-0.25, -0.2) is 9.18 Å². The number of nitrogen functional groups attached to an aromatic ring is 1. The van der Waals surface area contributed by atoms with Crippen LogP contribution in [0.15, 0.2) is 12.1 Å². The van der Waals surface area contributed by atoms with Gasteiger partial charge in [-0.05, 0) is 19.9 Å². The number of hydrogen-bond acceptors (Lipinski definition) is 4. The van der Waals surface area contributed by atoms with Crippen LogP contribution in [-0.4, -0.2) is 35.4 Å². The molecule has 5 nitrogen and oxygen atoms in total. The molecule has 4 N–H and O–H groups in total. The molecule has 0 heterocycles. The van der Waals surface area contributed by atoms with Gasteiger partial charge in [0.05, 0.1) is 23.5 Å². The minimum absolute atomic E-state index is 0.00882. The Morgan fingerprint density at radius 2 is 2.11 bits per heavy atom. The Labute approximate surface area is 105 Å². The minimum atomic E-state index is -1.36. The van der Waals surface area contributed by atoms with E-state index in [9.17, 15) is 9.18 Å². The smallest absolute Gasteiger partial charge is 0.338 e. The van der Waals surface area contributed by atoms with Crippen molar-refractivity contribution in [2.45, 2.75) is 19.9 Å². The van der Waals surface area contributed by atoms with Gasteiger partial charge in [-0.3, -0.25) is 0 Å². The van der Waals surface area contributed by atoms with Crippen molar-refractivity contribution in [1.29, 1.82) is 0 Å². The molecule has 0 saturated carbocycles. The highest BCUT2D eigenvalue weighted by Crippen LogP contribution is 2.28. The molecule has 0 atom stereocenters. The summed E-state index contributed by atoms with van der Waals surface area (Å²) in [6.45, 7) is 3.95. The number of carboxylic acid groups (broad SMARTS) is 1. The number of benzene rings is 1. The van der Waals surface area contributed by atoms with E-state index in [1.165, 1.54) is 0 Å². The fourth-order valence-electron chi connectivity index (χ4n) is 1.76. The van der Waals surface area contributed by atoms with Gasteiger partial charge in [0.15, 0.2) is 0 Å². The Morgan fingerprint density at radius 1 is 1.50 bits per heavy atom. The van der Waals surface area contributed by atoms with E-state index in [1.54, 1.807) is 4.90 Å². The minimum Gasteiger partial charge on any atom is -0.478 e. The second-order valence-electron chi connectivity index (χ2n) is 4.21. The van der Waals surface area contributed by atoms with Crippen molar-refractivity contribution >= 4 is 17.3 Å². The summed E-state index contributed by atoms with van der Waals surface area (Å²) in [4.78, 5) is 12.5. The lowest BCUT2D eigenvalue weighted by atomic mass is 10.1. The number of aliphatic hydroxyl groups excluding tert-OH is 1. The average molecular weight is 256 g/mol. The highest BCUT2D eigenvalue weighted by atomic mass is 19.1. The third-order valence-electron chi connectivity index (χ3n) is 2.62. The van der Waals surface area contributed by atoms with Gasteiger partial charge in [0.1, 0.15) is 5.82 Å². The van der Waals surface area contributed by atoms with E-state index in [0.717, 1.165) is 12.1 Å². The molecule has 0 aromatic heterocycles. The van der Waals surface area contributed by atoms with E-state index in [1.807, 2.05) is 13.8 Å². The van der Waals surface area contributed by atoms with Gasteiger partial charge < -0.3 is 20.8 Å². The summed E-state index contributed by atoms with van der Waals surface area (Å²) in [5.74, 6) is -2.20. The summed E-state index contributed by atoms with van der Waals surface area (Å²) >= 11 is 0. The standard InChI is InChI=1S/C12H17FN2O3/c1-7(2)15(3-4-16)11-6-9(13)8(12(17)18)5-10(11)14/h5-7,16H,3-4,14H2,1-2H3,(H,17,18). The second kappa shape index (κ2) is 5.68. The van der Waals surface area contributed by atoms with E-state index in [0.29, 0.717) is 12.2 Å². The first-order valence-electron chi connectivity index (χ1n) is 5.58. The summed E-state index contributed by atoms with van der Waals surface area (Å²) < 4.78 is 13.6. The molecule has 0 radical (unpaired) electrons. The van der Waals surface area contributed by atoms with Crippen LogP contribution in [0.4, 0.5) is 15.8 Å². The highest BCUT2D eigenvalue weighted by Gasteiger charge is 2.18. The summed E-state index contributed by atoms with van der Waals surface area (Å²) in [6, 6.07) is 2.20. The number of carboxylic acids is 1. The Hall–Kier alpha value is -1.82. The van der Waals surface area contributed by atoms with Crippen LogP contribution in [0.25, 0.3) is 0 Å². The van der Waals surface area contributed by atoms with Crippen LogP contribution in [0.5, 0.6) is 0 Å². The van der Waals surface area contributed by atoms with Gasteiger partial charge in [0.2, 0.25) is 0 Å². The van der Waals surface area contributed by atoms with Crippen LogP contribution in [0.3, 0.4) is 0 Å². The van der Waals surface area contributed by atoms with Crippen molar-refractivity contribution in [1.82, 2.24) is 0 Å². The van der Waals surface area contributed by atoms with E-state index in [4.69, 9.17) is 15.9 Å². The number of anilines is 2. The molecule has 0 aliphatic rings. The molecule has 0 saturated heterocycles. The first-order valence-corrected chi connectivity index (χ1v) is 5.58. The lowest BCUT2D eigenvalue weighted by Gasteiger charge is -2.29. The molecule has 1 aromatic carbocycles. The van der Waals surface area contributed by atoms with Crippen LogP contribution >= 0.6 is 0 Å². The van der Waals surface area contributed by atoms with Crippen LogP contribution in [0, 0.1) is 5.82 Å². The van der Waals surface area contributed by atoms with Gasteiger partial charge >= 0.3 is 5.97 Å². The molecule has 0 spiro atoms. The zero-order valence-corrected chi connectivity index (χ0v) is 10.4. The van der Waals surface area contributed by atoms with Crippen molar-refractivity contribution in [3.63, 3.8) is 0 Å². The highest BCUT2D eigenvalue weighted by molar-refractivity contribution is 5.91. The van der Waals surface area contributed by atoms with E-state index in [2.05, 4.69) is 0 Å². The SMILES string of the molecule is CC(C)N(CCO)c1cc(F)c(C(=O)O)cc1N. The molecule has 1 aromatic rings. The van der Waals surface area contributed by atoms with Crippen molar-refractivity contribution < 1.29 is 19.4 Å². The predicted molar refractivity (Wildman–Crippen MR) is 67.3 cm³/mol. The summed E-state index contributed by atoms with van der Waals surface area (Å²) in [5.41, 5.74) is 5.86. The van der Waals surface area contributed by atoms with Crippen LogP contribution in [0.1, 0.15) is 24.2 Å². The zero-order valence-electron chi connectivity index (χ0n) is 10.4. The molecule has 0 bridgehead atoms. The molecule has 100 valence electrons. The van der Waals surface area contributed by atoms with Gasteiger partial charge in [-0.2, -0.15) is 0 Å². The largest absolute Gasteiger partial charge is 0.478 e. The predicted octanol–water partition coefficient (Wildman–Crippen LogP) is 1.31. The summed E-state index contributed by atoms with van der Waals surface area (Å²) in [7, 11) is 0. The molecule has 0 fully saturated rings. The number of hydrogen-bond donors (Lipinski definition) is 3. The maximum Gasteiger partial charge on any atom is 0.338 e. The lowest BCUT2D eigenvalue weighted by molar-refractivity contribution is 0.0692. The monoisotopic (exact) mass is 256 g/mol. The van der Waals surface area contributed by atoms with Crippen molar-refractivity contribution in [3.05, 3.63) is 23.5 Å². The summed E-state index contributed by atoms with van der Waals surface area (Å²) in [6.07, 6.45) is 0. The van der Waals surface area contributed by atoms with Crippen molar-refractivity contribution in [2.24, 2.45) is 0 Å². The third-order valence-corrected chi connectivity index (χ3v) is 2.62. The van der Waals surface area contributed by atoms with Crippen molar-refractivity contribution in [3.8, 4) is 0 Å². The first kappa shape index (κ1) is 14.2. The molecule has 6 heteroatoms. The number of aromatic carboxylic acids is 1. The average Bonchev–Trinajstić information content (AvgIpc) is 2.28. The topological polar surface area (TPSA) is 86.8 Å². The number of nitrogens with two attached hydrogens (primary N) is 1. The number of carbonyl (C=O) groups is 1. The maximum absolute atomic E-state index is 13.6. The van der Waals surface area contributed by atoms with Gasteiger partial charge in [-0.1, -0.05) is 0 Å². The third kappa shape index (κ3) is 2.89. The van der Waals surface area contributed by atoms with E-state index < -0.39 is 17.3 Å². The number of rotatable bonds is 5. The Bertz CT molecular complexity index is 449. The maximum atomic E-state index is 13.6. The fourth-order valence-corrected chi connectivity index (χ4v) is 1.76. The molecule has 1 rings (SSSR count). The Balaban J connectivity index is 3.24. The van der Waals surface area contributed by atoms with Gasteiger partial charge in [0.25, 0.3) is 0 Å². The molecule has 0 amide bonds. The van der Waals surface area contributed by atoms with Crippen LogP contribution < -0.4 is 10.6 Å². The number of aliphatic hydroxyl groups is 1. The molecular weight excluding hydrogens is 239 g/mol. The molecular formula is C12H17FN2O3. The van der Waals surface area contributed by atoms with Gasteiger partial charge in [0, 0.05) is 18.7 Å². The number of nitrogens with zero attached hydrogens (tertiary/aromatic N) is 1. The zero-order chi connectivity index (χ0) is 13.9. The van der Waals surface area contributed by atoms with E-state index in [-0.39, 0.29) is 18.3 Å². The lowest BCUT2D eigenvalue weighted by Crippen LogP contribution is -2.34. The Kier molecular flexibility index (Phi) is 4.49. The molecule has 0 unspecified atom stereocenters. The summed E-state index contributed by atoms with van der Waals surface area (Å²) in [5, 5.41) is 17.8.